The second-order valence-corrected chi connectivity index (χ2v) is 12.0. The van der Waals surface area contributed by atoms with Gasteiger partial charge in [-0.1, -0.05) is 100 Å². The molecule has 2 nitrogen and oxygen atoms in total. The van der Waals surface area contributed by atoms with E-state index in [1.165, 1.54) is 48.9 Å². The highest BCUT2D eigenvalue weighted by Gasteiger charge is 2.48. The zero-order chi connectivity index (χ0) is 20.1. The highest BCUT2D eigenvalue weighted by molar-refractivity contribution is 6.92. The van der Waals surface area contributed by atoms with Crippen LogP contribution in [0.5, 0.6) is 0 Å². The Morgan fingerprint density at radius 1 is 0.586 bits per heavy atom. The lowest BCUT2D eigenvalue weighted by Gasteiger charge is -2.43. The molecule has 4 atom stereocenters. The van der Waals surface area contributed by atoms with E-state index in [2.05, 4.69) is 74.5 Å². The molecule has 0 aromatic heterocycles. The van der Waals surface area contributed by atoms with Gasteiger partial charge in [0.25, 0.3) is 0 Å². The topological polar surface area (TPSA) is 18.5 Å². The summed E-state index contributed by atoms with van der Waals surface area (Å²) in [5.74, 6) is 1.19. The second kappa shape index (κ2) is 9.59. The molecule has 2 aliphatic rings. The first kappa shape index (κ1) is 20.8. The van der Waals surface area contributed by atoms with E-state index in [0.717, 1.165) is 12.8 Å². The number of rotatable bonds is 6. The standard InChI is InChI=1S/C26H36O2Si/c1-21-13-9-11-19-25(21)27-29(23-15-5-3-6-16-23,24-17-7-4-8-18-24)28-26-20-12-10-14-22(26)2/h3-8,15-18,21-22,25-26H,9-14,19-20H2,1-2H3. The molecule has 0 aliphatic heterocycles. The molecular formula is C26H36O2Si. The highest BCUT2D eigenvalue weighted by Crippen LogP contribution is 2.33. The molecule has 2 fully saturated rings. The monoisotopic (exact) mass is 408 g/mol. The molecule has 0 N–H and O–H groups in total. The van der Waals surface area contributed by atoms with Crippen LogP contribution in [0.2, 0.25) is 0 Å². The van der Waals surface area contributed by atoms with E-state index < -0.39 is 8.56 Å². The van der Waals surface area contributed by atoms with Gasteiger partial charge in [-0.25, -0.2) is 0 Å². The van der Waals surface area contributed by atoms with Gasteiger partial charge in [-0.15, -0.1) is 0 Å². The fourth-order valence-electron chi connectivity index (χ4n) is 5.12. The van der Waals surface area contributed by atoms with Crippen LogP contribution in [0.4, 0.5) is 0 Å². The van der Waals surface area contributed by atoms with E-state index in [0.29, 0.717) is 11.8 Å². The van der Waals surface area contributed by atoms with Crippen LogP contribution in [-0.2, 0) is 8.85 Å². The summed E-state index contributed by atoms with van der Waals surface area (Å²) in [5, 5.41) is 2.50. The molecule has 4 rings (SSSR count). The van der Waals surface area contributed by atoms with Gasteiger partial charge in [-0.3, -0.25) is 0 Å². The van der Waals surface area contributed by atoms with Crippen LogP contribution < -0.4 is 10.4 Å². The third-order valence-corrected chi connectivity index (χ3v) is 10.5. The van der Waals surface area contributed by atoms with Gasteiger partial charge in [-0.2, -0.15) is 0 Å². The average molecular weight is 409 g/mol. The summed E-state index contributed by atoms with van der Waals surface area (Å²) < 4.78 is 14.5. The molecule has 2 aromatic carbocycles. The fraction of sp³-hybridized carbons (Fsp3) is 0.538. The summed E-state index contributed by atoms with van der Waals surface area (Å²) in [7, 11) is -2.81. The minimum atomic E-state index is -2.81. The van der Waals surface area contributed by atoms with Crippen LogP contribution in [0.1, 0.15) is 65.2 Å². The average Bonchev–Trinajstić information content (AvgIpc) is 2.77. The largest absolute Gasteiger partial charge is 0.407 e. The van der Waals surface area contributed by atoms with Crippen molar-refractivity contribution in [2.45, 2.75) is 77.4 Å². The van der Waals surface area contributed by atoms with E-state index in [1.807, 2.05) is 0 Å². The fourth-order valence-corrected chi connectivity index (χ4v) is 8.87. The molecule has 2 aliphatic carbocycles. The van der Waals surface area contributed by atoms with Gasteiger partial charge in [0, 0.05) is 0 Å². The summed E-state index contributed by atoms with van der Waals surface area (Å²) >= 11 is 0. The van der Waals surface area contributed by atoms with Gasteiger partial charge in [0.05, 0.1) is 12.2 Å². The molecule has 0 saturated heterocycles. The van der Waals surface area contributed by atoms with Crippen molar-refractivity contribution in [1.29, 1.82) is 0 Å². The Kier molecular flexibility index (Phi) is 6.89. The summed E-state index contributed by atoms with van der Waals surface area (Å²) in [5.41, 5.74) is 0. The lowest BCUT2D eigenvalue weighted by Crippen LogP contribution is -2.67. The minimum absolute atomic E-state index is 0.287. The SMILES string of the molecule is CC1CCCCC1O[Si](OC1CCCCC1C)(c1ccccc1)c1ccccc1. The maximum absolute atomic E-state index is 7.23. The zero-order valence-corrected chi connectivity index (χ0v) is 19.1. The van der Waals surface area contributed by atoms with Crippen LogP contribution in [0.3, 0.4) is 0 Å². The van der Waals surface area contributed by atoms with Crippen molar-refractivity contribution in [1.82, 2.24) is 0 Å². The van der Waals surface area contributed by atoms with E-state index in [1.54, 1.807) is 0 Å². The van der Waals surface area contributed by atoms with Crippen LogP contribution in [0, 0.1) is 11.8 Å². The molecule has 2 saturated carbocycles. The first-order valence-corrected chi connectivity index (χ1v) is 13.5. The Morgan fingerprint density at radius 2 is 0.966 bits per heavy atom. The molecule has 0 bridgehead atoms. The van der Waals surface area contributed by atoms with Crippen molar-refractivity contribution in [2.24, 2.45) is 11.8 Å². The van der Waals surface area contributed by atoms with Gasteiger partial charge in [0.1, 0.15) is 0 Å². The lowest BCUT2D eigenvalue weighted by atomic mass is 9.88. The molecule has 3 heteroatoms. The Bertz CT molecular complexity index is 682. The maximum atomic E-state index is 7.23. The first-order valence-electron chi connectivity index (χ1n) is 11.7. The van der Waals surface area contributed by atoms with Crippen molar-refractivity contribution in [3.05, 3.63) is 60.7 Å². The van der Waals surface area contributed by atoms with Gasteiger partial charge < -0.3 is 8.85 Å². The van der Waals surface area contributed by atoms with Crippen molar-refractivity contribution in [2.75, 3.05) is 0 Å². The molecule has 4 unspecified atom stereocenters. The van der Waals surface area contributed by atoms with E-state index in [4.69, 9.17) is 8.85 Å². The third-order valence-electron chi connectivity index (χ3n) is 7.01. The molecule has 2 aromatic rings. The van der Waals surface area contributed by atoms with Gasteiger partial charge >= 0.3 is 8.56 Å². The Balaban J connectivity index is 1.78. The maximum Gasteiger partial charge on any atom is 0.407 e. The van der Waals surface area contributed by atoms with Gasteiger partial charge in [-0.05, 0) is 47.9 Å². The van der Waals surface area contributed by atoms with Gasteiger partial charge in [0.2, 0.25) is 0 Å². The van der Waals surface area contributed by atoms with Crippen LogP contribution in [0.15, 0.2) is 60.7 Å². The quantitative estimate of drug-likeness (QED) is 0.593. The van der Waals surface area contributed by atoms with Crippen LogP contribution >= 0.6 is 0 Å². The van der Waals surface area contributed by atoms with Crippen molar-refractivity contribution >= 4 is 18.9 Å². The molecular weight excluding hydrogens is 372 g/mol. The van der Waals surface area contributed by atoms with E-state index in [-0.39, 0.29) is 12.2 Å². The molecule has 0 spiro atoms. The minimum Gasteiger partial charge on any atom is -0.384 e. The summed E-state index contributed by atoms with van der Waals surface area (Å²) in [4.78, 5) is 0. The van der Waals surface area contributed by atoms with Gasteiger partial charge in [0.15, 0.2) is 0 Å². The summed E-state index contributed by atoms with van der Waals surface area (Å²) in [6, 6.07) is 21.7. The van der Waals surface area contributed by atoms with E-state index >= 15 is 0 Å². The van der Waals surface area contributed by atoms with Crippen molar-refractivity contribution in [3.8, 4) is 0 Å². The number of benzene rings is 2. The second-order valence-electron chi connectivity index (χ2n) is 9.18. The Labute approximate surface area is 177 Å². The number of hydrogen-bond donors (Lipinski definition) is 0. The normalized spacial score (nSPS) is 28.2. The Hall–Kier alpha value is -1.42. The summed E-state index contributed by atoms with van der Waals surface area (Å²) in [6.45, 7) is 4.73. The molecule has 156 valence electrons. The first-order chi connectivity index (χ1) is 14.2. The van der Waals surface area contributed by atoms with Crippen LogP contribution in [0.25, 0.3) is 0 Å². The predicted molar refractivity (Wildman–Crippen MR) is 123 cm³/mol. The van der Waals surface area contributed by atoms with Crippen molar-refractivity contribution in [3.63, 3.8) is 0 Å². The zero-order valence-electron chi connectivity index (χ0n) is 18.1. The summed E-state index contributed by atoms with van der Waals surface area (Å²) in [6.07, 6.45) is 10.6. The highest BCUT2D eigenvalue weighted by atomic mass is 28.4. The predicted octanol–water partition coefficient (Wildman–Crippen LogP) is 5.43. The van der Waals surface area contributed by atoms with E-state index in [9.17, 15) is 0 Å². The van der Waals surface area contributed by atoms with Crippen molar-refractivity contribution < 1.29 is 8.85 Å². The molecule has 0 radical (unpaired) electrons. The van der Waals surface area contributed by atoms with Crippen LogP contribution in [-0.4, -0.2) is 20.8 Å². The molecule has 0 heterocycles. The lowest BCUT2D eigenvalue weighted by molar-refractivity contribution is 0.0219. The smallest absolute Gasteiger partial charge is 0.384 e. The third kappa shape index (κ3) is 4.68. The Morgan fingerprint density at radius 3 is 1.34 bits per heavy atom. The molecule has 0 amide bonds. The molecule has 29 heavy (non-hydrogen) atoms. The number of hydrogen-bond acceptors (Lipinski definition) is 2.